The van der Waals surface area contributed by atoms with Gasteiger partial charge in [-0.2, -0.15) is 5.26 Å². The van der Waals surface area contributed by atoms with Crippen LogP contribution in [0.4, 0.5) is 5.69 Å². The number of sulfonamides is 1. The predicted octanol–water partition coefficient (Wildman–Crippen LogP) is 3.15. The van der Waals surface area contributed by atoms with Crippen LogP contribution in [0.3, 0.4) is 0 Å². The largest absolute Gasteiger partial charge is 0.356 e. The van der Waals surface area contributed by atoms with Gasteiger partial charge in [-0.1, -0.05) is 18.2 Å². The number of nitriles is 1. The fraction of sp³-hybridized carbons (Fsp3) is 0.400. The van der Waals surface area contributed by atoms with E-state index in [1.807, 2.05) is 24.3 Å². The van der Waals surface area contributed by atoms with Gasteiger partial charge in [0.25, 0.3) is 5.91 Å². The molecule has 2 aromatic carbocycles. The number of rotatable bonds is 8. The van der Waals surface area contributed by atoms with Crippen molar-refractivity contribution in [1.82, 2.24) is 10.2 Å². The summed E-state index contributed by atoms with van der Waals surface area (Å²) in [4.78, 5) is 25.8. The number of carbonyl (C=O) groups is 2. The second kappa shape index (κ2) is 11.2. The van der Waals surface area contributed by atoms with Gasteiger partial charge in [-0.05, 0) is 67.5 Å². The fourth-order valence-corrected chi connectivity index (χ4v) is 5.22. The molecular formula is C25H30N4O4S. The average molecular weight is 483 g/mol. The molecule has 1 heterocycles. The van der Waals surface area contributed by atoms with E-state index >= 15 is 0 Å². The molecule has 0 radical (unpaired) electrons. The highest BCUT2D eigenvalue weighted by molar-refractivity contribution is 7.92. The van der Waals surface area contributed by atoms with Gasteiger partial charge in [0.05, 0.1) is 23.1 Å². The van der Waals surface area contributed by atoms with Crippen LogP contribution in [-0.2, 0) is 14.8 Å². The number of nitrogens with one attached hydrogen (secondary N) is 2. The summed E-state index contributed by atoms with van der Waals surface area (Å²) >= 11 is 0. The molecule has 0 spiro atoms. The number of benzene rings is 2. The third kappa shape index (κ3) is 6.81. The summed E-state index contributed by atoms with van der Waals surface area (Å²) in [6.07, 6.45) is 1.95. The number of nitrogens with zero attached hydrogens (tertiary/aromatic N) is 2. The zero-order valence-electron chi connectivity index (χ0n) is 19.5. The van der Waals surface area contributed by atoms with Crippen LogP contribution in [0.5, 0.6) is 0 Å². The topological polar surface area (TPSA) is 119 Å². The van der Waals surface area contributed by atoms with Gasteiger partial charge >= 0.3 is 0 Å². The minimum Gasteiger partial charge on any atom is -0.356 e. The summed E-state index contributed by atoms with van der Waals surface area (Å²) in [6.45, 7) is 4.68. The minimum atomic E-state index is -3.61. The smallest absolute Gasteiger partial charge is 0.253 e. The van der Waals surface area contributed by atoms with Crippen molar-refractivity contribution in [2.75, 3.05) is 30.1 Å². The predicted molar refractivity (Wildman–Crippen MR) is 131 cm³/mol. The molecular weight excluding hydrogens is 452 g/mol. The first-order valence-electron chi connectivity index (χ1n) is 11.3. The Hall–Kier alpha value is -3.38. The van der Waals surface area contributed by atoms with E-state index in [1.165, 1.54) is 12.5 Å². The monoisotopic (exact) mass is 482 g/mol. The first-order valence-corrected chi connectivity index (χ1v) is 13.0. The highest BCUT2D eigenvalue weighted by Gasteiger charge is 2.25. The normalized spacial score (nSPS) is 14.3. The molecule has 0 bridgehead atoms. The summed E-state index contributed by atoms with van der Waals surface area (Å²) in [6, 6.07) is 14.8. The van der Waals surface area contributed by atoms with E-state index in [0.717, 1.165) is 18.4 Å². The summed E-state index contributed by atoms with van der Waals surface area (Å²) in [5, 5.41) is 11.5. The third-order valence-corrected chi connectivity index (χ3v) is 7.36. The number of likely N-dealkylation sites (tertiary alicyclic amines) is 1. The van der Waals surface area contributed by atoms with Crippen LogP contribution < -0.4 is 10.0 Å². The van der Waals surface area contributed by atoms with E-state index in [-0.39, 0.29) is 24.1 Å². The van der Waals surface area contributed by atoms with Crippen molar-refractivity contribution in [2.24, 2.45) is 0 Å². The van der Waals surface area contributed by atoms with Crippen LogP contribution in [0.2, 0.25) is 0 Å². The molecule has 1 saturated heterocycles. The fourth-order valence-electron chi connectivity index (χ4n) is 4.04. The number of amides is 2. The lowest BCUT2D eigenvalue weighted by atomic mass is 9.89. The number of piperidine rings is 1. The molecule has 2 amide bonds. The molecule has 2 aromatic rings. The van der Waals surface area contributed by atoms with E-state index < -0.39 is 10.0 Å². The molecule has 1 aliphatic rings. The van der Waals surface area contributed by atoms with E-state index in [4.69, 9.17) is 5.26 Å². The first-order chi connectivity index (χ1) is 16.2. The van der Waals surface area contributed by atoms with Crippen LogP contribution in [0.25, 0.3) is 0 Å². The highest BCUT2D eigenvalue weighted by Crippen LogP contribution is 2.29. The van der Waals surface area contributed by atoms with Crippen molar-refractivity contribution in [3.8, 4) is 6.07 Å². The summed E-state index contributed by atoms with van der Waals surface area (Å²) < 4.78 is 27.5. The van der Waals surface area contributed by atoms with Crippen LogP contribution >= 0.6 is 0 Å². The zero-order valence-corrected chi connectivity index (χ0v) is 20.3. The second-order valence-corrected chi connectivity index (χ2v) is 10.4. The molecule has 34 heavy (non-hydrogen) atoms. The lowest BCUT2D eigenvalue weighted by molar-refractivity contribution is -0.118. The summed E-state index contributed by atoms with van der Waals surface area (Å²) in [5.74, 6) is -0.110. The molecule has 2 N–H and O–H groups in total. The molecule has 0 aliphatic carbocycles. The molecule has 180 valence electrons. The Morgan fingerprint density at radius 2 is 1.79 bits per heavy atom. The number of aryl methyl sites for hydroxylation is 1. The molecule has 0 atom stereocenters. The SMILES string of the molecule is CC(=O)NCCCS(=O)(=O)Nc1cc(C(=O)N2CCC(c3ccc(C#N)cc3)CC2)ccc1C. The van der Waals surface area contributed by atoms with Crippen LogP contribution in [0.15, 0.2) is 42.5 Å². The van der Waals surface area contributed by atoms with Gasteiger partial charge in [0.15, 0.2) is 0 Å². The van der Waals surface area contributed by atoms with E-state index in [2.05, 4.69) is 16.1 Å². The number of carbonyl (C=O) groups excluding carboxylic acids is 2. The van der Waals surface area contributed by atoms with E-state index in [9.17, 15) is 18.0 Å². The number of hydrogen-bond donors (Lipinski definition) is 2. The molecule has 0 saturated carbocycles. The van der Waals surface area contributed by atoms with Gasteiger partial charge < -0.3 is 10.2 Å². The van der Waals surface area contributed by atoms with Crippen molar-refractivity contribution < 1.29 is 18.0 Å². The van der Waals surface area contributed by atoms with Crippen molar-refractivity contribution in [2.45, 2.75) is 39.0 Å². The maximum atomic E-state index is 13.1. The van der Waals surface area contributed by atoms with E-state index in [1.54, 1.807) is 30.0 Å². The van der Waals surface area contributed by atoms with Crippen molar-refractivity contribution in [3.05, 3.63) is 64.7 Å². The van der Waals surface area contributed by atoms with Crippen molar-refractivity contribution >= 4 is 27.5 Å². The second-order valence-electron chi connectivity index (χ2n) is 8.59. The molecule has 0 aromatic heterocycles. The maximum absolute atomic E-state index is 13.1. The van der Waals surface area contributed by atoms with Gasteiger partial charge in [-0.15, -0.1) is 0 Å². The molecule has 0 unspecified atom stereocenters. The molecule has 1 fully saturated rings. The Bertz CT molecular complexity index is 1180. The minimum absolute atomic E-state index is 0.121. The Balaban J connectivity index is 1.61. The Morgan fingerprint density at radius 3 is 2.41 bits per heavy atom. The Kier molecular flexibility index (Phi) is 8.29. The Morgan fingerprint density at radius 1 is 1.12 bits per heavy atom. The molecule has 1 aliphatic heterocycles. The van der Waals surface area contributed by atoms with Crippen LogP contribution in [-0.4, -0.2) is 50.5 Å². The van der Waals surface area contributed by atoms with Crippen molar-refractivity contribution in [3.63, 3.8) is 0 Å². The average Bonchev–Trinajstić information content (AvgIpc) is 2.83. The lowest BCUT2D eigenvalue weighted by Gasteiger charge is -2.32. The molecule has 3 rings (SSSR count). The summed E-state index contributed by atoms with van der Waals surface area (Å²) in [7, 11) is -3.61. The molecule has 9 heteroatoms. The molecule has 8 nitrogen and oxygen atoms in total. The maximum Gasteiger partial charge on any atom is 0.253 e. The zero-order chi connectivity index (χ0) is 24.7. The van der Waals surface area contributed by atoms with Crippen LogP contribution in [0.1, 0.15) is 59.2 Å². The van der Waals surface area contributed by atoms with Gasteiger partial charge in [-0.3, -0.25) is 14.3 Å². The van der Waals surface area contributed by atoms with Crippen LogP contribution in [0, 0.1) is 18.3 Å². The third-order valence-electron chi connectivity index (χ3n) is 6.01. The number of hydrogen-bond acceptors (Lipinski definition) is 5. The first kappa shape index (κ1) is 25.2. The van der Waals surface area contributed by atoms with Gasteiger partial charge in [0, 0.05) is 32.1 Å². The van der Waals surface area contributed by atoms with Crippen molar-refractivity contribution in [1.29, 1.82) is 5.26 Å². The van der Waals surface area contributed by atoms with E-state index in [0.29, 0.717) is 42.2 Å². The number of anilines is 1. The quantitative estimate of drug-likeness (QED) is 0.560. The lowest BCUT2D eigenvalue weighted by Crippen LogP contribution is -2.38. The highest BCUT2D eigenvalue weighted by atomic mass is 32.2. The summed E-state index contributed by atoms with van der Waals surface area (Å²) in [5.41, 5.74) is 3.37. The van der Waals surface area contributed by atoms with Gasteiger partial charge in [-0.25, -0.2) is 8.42 Å². The van der Waals surface area contributed by atoms with Gasteiger partial charge in [0.1, 0.15) is 0 Å². The standard InChI is InChI=1S/C25H30N4O4S/c1-18-4-7-23(16-24(18)28-34(32,33)15-3-12-27-19(2)30)25(31)29-13-10-22(11-14-29)21-8-5-20(17-26)6-9-21/h4-9,16,22,28H,3,10-15H2,1-2H3,(H,27,30). The van der Waals surface area contributed by atoms with Gasteiger partial charge in [0.2, 0.25) is 15.9 Å². The Labute approximate surface area is 201 Å².